The minimum Gasteiger partial charge on any atom is -0.315 e. The summed E-state index contributed by atoms with van der Waals surface area (Å²) in [6.07, 6.45) is 0. The molecule has 0 saturated carbocycles. The van der Waals surface area contributed by atoms with Crippen molar-refractivity contribution in [2.45, 2.75) is 38.2 Å². The van der Waals surface area contributed by atoms with Gasteiger partial charge < -0.3 is 5.32 Å². The Labute approximate surface area is 129 Å². The van der Waals surface area contributed by atoms with E-state index in [-0.39, 0.29) is 0 Å². The van der Waals surface area contributed by atoms with E-state index in [4.69, 9.17) is 0 Å². The Morgan fingerprint density at radius 1 is 1.33 bits per heavy atom. The number of nitrogens with one attached hydrogen (secondary N) is 1. The molecule has 0 aromatic carbocycles. The van der Waals surface area contributed by atoms with E-state index in [2.05, 4.69) is 39.7 Å². The van der Waals surface area contributed by atoms with Gasteiger partial charge in [0.1, 0.15) is 0 Å². The van der Waals surface area contributed by atoms with Gasteiger partial charge in [0.25, 0.3) is 0 Å². The molecule has 0 unspecified atom stereocenters. The summed E-state index contributed by atoms with van der Waals surface area (Å²) in [6.45, 7) is 9.06. The first-order valence-electron chi connectivity index (χ1n) is 7.17. The highest BCUT2D eigenvalue weighted by molar-refractivity contribution is 7.98. The number of thioether (sulfide) groups is 1. The fraction of sp³-hybridized carbons (Fsp3) is 0.571. The number of tetrazole rings is 1. The van der Waals surface area contributed by atoms with Gasteiger partial charge in [-0.25, -0.2) is 4.68 Å². The van der Waals surface area contributed by atoms with Crippen molar-refractivity contribution in [1.82, 2.24) is 30.5 Å². The Balaban J connectivity index is 1.82. The molecule has 21 heavy (non-hydrogen) atoms. The lowest BCUT2D eigenvalue weighted by molar-refractivity contribution is 0.482. The number of nitrogens with zero attached hydrogens (tertiary/aromatic N) is 5. The Morgan fingerprint density at radius 2 is 2.19 bits per heavy atom. The molecular formula is C14H22N6S. The Bertz CT molecular complexity index is 554. The van der Waals surface area contributed by atoms with Crippen molar-refractivity contribution in [2.24, 2.45) is 5.92 Å². The van der Waals surface area contributed by atoms with Gasteiger partial charge in [0.2, 0.25) is 5.16 Å². The fourth-order valence-corrected chi connectivity index (χ4v) is 2.64. The molecule has 2 heterocycles. The molecule has 0 bridgehead atoms. The average molecular weight is 306 g/mol. The van der Waals surface area contributed by atoms with Crippen molar-refractivity contribution in [3.8, 4) is 0 Å². The number of aryl methyl sites for hydroxylation is 1. The predicted molar refractivity (Wildman–Crippen MR) is 84.1 cm³/mol. The summed E-state index contributed by atoms with van der Waals surface area (Å²) in [7, 11) is 0. The van der Waals surface area contributed by atoms with Crippen molar-refractivity contribution in [1.29, 1.82) is 0 Å². The summed E-state index contributed by atoms with van der Waals surface area (Å²) >= 11 is 1.62. The van der Waals surface area contributed by atoms with Crippen LogP contribution in [0.25, 0.3) is 0 Å². The normalized spacial score (nSPS) is 11.2. The zero-order valence-electron chi connectivity index (χ0n) is 12.8. The molecule has 6 nitrogen and oxygen atoms in total. The van der Waals surface area contributed by atoms with Crippen molar-refractivity contribution < 1.29 is 0 Å². The monoisotopic (exact) mass is 306 g/mol. The third-order valence-electron chi connectivity index (χ3n) is 2.85. The van der Waals surface area contributed by atoms with Gasteiger partial charge in [-0.15, -0.1) is 5.10 Å². The minimum atomic E-state index is 0.653. The third kappa shape index (κ3) is 5.43. The van der Waals surface area contributed by atoms with E-state index in [0.717, 1.165) is 41.9 Å². The van der Waals surface area contributed by atoms with Crippen LogP contribution in [-0.2, 0) is 12.3 Å². The molecule has 0 atom stereocenters. The molecule has 0 aliphatic carbocycles. The number of rotatable bonds is 8. The molecule has 0 radical (unpaired) electrons. The van der Waals surface area contributed by atoms with Gasteiger partial charge in [-0.3, -0.25) is 4.98 Å². The number of pyridine rings is 1. The molecule has 2 aromatic heterocycles. The SMILES string of the molecule is Cc1cccc(CSc2nnnn2CCNCC(C)C)n1. The zero-order chi connectivity index (χ0) is 15.1. The summed E-state index contributed by atoms with van der Waals surface area (Å²) in [5.74, 6) is 1.43. The lowest BCUT2D eigenvalue weighted by Crippen LogP contribution is -2.24. The predicted octanol–water partition coefficient (Wildman–Crippen LogP) is 1.91. The maximum Gasteiger partial charge on any atom is 0.209 e. The lowest BCUT2D eigenvalue weighted by atomic mass is 10.2. The van der Waals surface area contributed by atoms with Gasteiger partial charge in [0.05, 0.1) is 12.2 Å². The second-order valence-corrected chi connectivity index (χ2v) is 6.28. The first kappa shape index (κ1) is 15.9. The topological polar surface area (TPSA) is 68.5 Å². The van der Waals surface area contributed by atoms with Crippen molar-refractivity contribution in [3.63, 3.8) is 0 Å². The van der Waals surface area contributed by atoms with Gasteiger partial charge in [-0.05, 0) is 41.9 Å². The molecule has 0 saturated heterocycles. The van der Waals surface area contributed by atoms with E-state index >= 15 is 0 Å². The van der Waals surface area contributed by atoms with Crippen LogP contribution in [0.2, 0.25) is 0 Å². The van der Waals surface area contributed by atoms with E-state index in [9.17, 15) is 0 Å². The smallest absolute Gasteiger partial charge is 0.209 e. The summed E-state index contributed by atoms with van der Waals surface area (Å²) in [5, 5.41) is 16.1. The standard InChI is InChI=1S/C14H22N6S/c1-11(2)9-15-7-8-20-14(17-18-19-20)21-10-13-6-4-5-12(3)16-13/h4-6,11,15H,7-10H2,1-3H3. The van der Waals surface area contributed by atoms with Crippen LogP contribution in [-0.4, -0.2) is 38.3 Å². The van der Waals surface area contributed by atoms with E-state index < -0.39 is 0 Å². The maximum atomic E-state index is 4.49. The summed E-state index contributed by atoms with van der Waals surface area (Å²) in [4.78, 5) is 4.49. The highest BCUT2D eigenvalue weighted by atomic mass is 32.2. The van der Waals surface area contributed by atoms with Crippen LogP contribution in [0.3, 0.4) is 0 Å². The summed E-state index contributed by atoms with van der Waals surface area (Å²) in [6, 6.07) is 6.05. The van der Waals surface area contributed by atoms with Crippen LogP contribution in [0.4, 0.5) is 0 Å². The van der Waals surface area contributed by atoms with Crippen molar-refractivity contribution >= 4 is 11.8 Å². The zero-order valence-corrected chi connectivity index (χ0v) is 13.6. The molecule has 114 valence electrons. The Morgan fingerprint density at radius 3 is 2.95 bits per heavy atom. The molecule has 7 heteroatoms. The van der Waals surface area contributed by atoms with Crippen LogP contribution in [0.15, 0.2) is 23.4 Å². The minimum absolute atomic E-state index is 0.653. The van der Waals surface area contributed by atoms with Crippen LogP contribution in [0, 0.1) is 12.8 Å². The average Bonchev–Trinajstić information content (AvgIpc) is 2.89. The molecule has 0 amide bonds. The van der Waals surface area contributed by atoms with E-state index in [1.54, 1.807) is 11.8 Å². The largest absolute Gasteiger partial charge is 0.315 e. The highest BCUT2D eigenvalue weighted by Gasteiger charge is 2.07. The van der Waals surface area contributed by atoms with Gasteiger partial charge in [0, 0.05) is 18.0 Å². The van der Waals surface area contributed by atoms with Gasteiger partial charge in [-0.1, -0.05) is 31.7 Å². The van der Waals surface area contributed by atoms with Crippen LogP contribution < -0.4 is 5.32 Å². The Hall–Kier alpha value is -1.47. The van der Waals surface area contributed by atoms with E-state index in [1.807, 2.05) is 29.8 Å². The Kier molecular flexibility index (Phi) is 6.13. The first-order valence-corrected chi connectivity index (χ1v) is 8.16. The second kappa shape index (κ2) is 8.09. The van der Waals surface area contributed by atoms with E-state index in [1.165, 1.54) is 0 Å². The molecule has 0 spiro atoms. The summed E-state index contributed by atoms with van der Waals surface area (Å²) < 4.78 is 1.84. The van der Waals surface area contributed by atoms with Crippen molar-refractivity contribution in [2.75, 3.05) is 13.1 Å². The lowest BCUT2D eigenvalue weighted by Gasteiger charge is -2.08. The van der Waals surface area contributed by atoms with Crippen molar-refractivity contribution in [3.05, 3.63) is 29.6 Å². The van der Waals surface area contributed by atoms with Gasteiger partial charge >= 0.3 is 0 Å². The second-order valence-electron chi connectivity index (χ2n) is 5.34. The number of aromatic nitrogens is 5. The molecule has 2 aromatic rings. The van der Waals surface area contributed by atoms with Crippen LogP contribution >= 0.6 is 11.8 Å². The van der Waals surface area contributed by atoms with Crippen LogP contribution in [0.1, 0.15) is 25.2 Å². The van der Waals surface area contributed by atoms with Crippen LogP contribution in [0.5, 0.6) is 0 Å². The molecule has 0 fully saturated rings. The van der Waals surface area contributed by atoms with E-state index in [0.29, 0.717) is 5.92 Å². The third-order valence-corrected chi connectivity index (χ3v) is 3.84. The van der Waals surface area contributed by atoms with Gasteiger partial charge in [-0.2, -0.15) is 0 Å². The molecule has 1 N–H and O–H groups in total. The fourth-order valence-electron chi connectivity index (χ4n) is 1.83. The first-order chi connectivity index (χ1) is 10.1. The molecular weight excluding hydrogens is 284 g/mol. The number of hydrogen-bond acceptors (Lipinski definition) is 6. The molecule has 0 aliphatic heterocycles. The molecule has 0 aliphatic rings. The molecule has 2 rings (SSSR count). The highest BCUT2D eigenvalue weighted by Crippen LogP contribution is 2.18. The number of hydrogen-bond donors (Lipinski definition) is 1. The quantitative estimate of drug-likeness (QED) is 0.593. The maximum absolute atomic E-state index is 4.49. The summed E-state index contributed by atoms with van der Waals surface area (Å²) in [5.41, 5.74) is 2.08. The van der Waals surface area contributed by atoms with Gasteiger partial charge in [0.15, 0.2) is 0 Å².